The molecule has 0 amide bonds. The van der Waals surface area contributed by atoms with Gasteiger partial charge in [-0.3, -0.25) is 9.59 Å². The van der Waals surface area contributed by atoms with Gasteiger partial charge in [-0.05, 0) is 34.1 Å². The molecule has 182 valence electrons. The van der Waals surface area contributed by atoms with E-state index in [1.807, 2.05) is 6.92 Å². The number of unbranched alkanes of at least 4 members (excludes halogenated alkanes) is 1. The molecule has 32 heavy (non-hydrogen) atoms. The summed E-state index contributed by atoms with van der Waals surface area (Å²) >= 11 is 0. The average Bonchev–Trinajstić information content (AvgIpc) is 2.71. The number of ketones is 1. The van der Waals surface area contributed by atoms with Gasteiger partial charge in [-0.25, -0.2) is 14.4 Å². The van der Waals surface area contributed by atoms with Crippen LogP contribution in [0, 0.1) is 0 Å². The quantitative estimate of drug-likeness (QED) is 0.143. The van der Waals surface area contributed by atoms with E-state index in [2.05, 4.69) is 38.7 Å². The molecule has 0 aliphatic heterocycles. The van der Waals surface area contributed by atoms with E-state index in [0.29, 0.717) is 18.8 Å². The van der Waals surface area contributed by atoms with Crippen molar-refractivity contribution in [3.8, 4) is 0 Å². The van der Waals surface area contributed by atoms with Crippen molar-refractivity contribution in [2.24, 2.45) is 0 Å². The lowest BCUT2D eigenvalue weighted by molar-refractivity contribution is -0.151. The number of Topliss-reactive ketones (excluding diaryl/α,β-unsaturated/α-hetero) is 1. The predicted octanol–water partition coefficient (Wildman–Crippen LogP) is 3.27. The number of hydrogen-bond donors (Lipinski definition) is 0. The van der Waals surface area contributed by atoms with Gasteiger partial charge < -0.3 is 18.9 Å². The van der Waals surface area contributed by atoms with Crippen molar-refractivity contribution in [1.29, 1.82) is 0 Å². The van der Waals surface area contributed by atoms with Gasteiger partial charge in [-0.15, -0.1) is 0 Å². The Hall–Kier alpha value is -3.23. The molecule has 0 atom stereocenters. The molecule has 0 aromatic heterocycles. The van der Waals surface area contributed by atoms with E-state index in [-0.39, 0.29) is 42.9 Å². The summed E-state index contributed by atoms with van der Waals surface area (Å²) in [6.07, 6.45) is 2.90. The van der Waals surface area contributed by atoms with Crippen molar-refractivity contribution in [3.05, 3.63) is 37.0 Å². The predicted molar refractivity (Wildman–Crippen MR) is 120 cm³/mol. The Morgan fingerprint density at radius 1 is 0.750 bits per heavy atom. The summed E-state index contributed by atoms with van der Waals surface area (Å²) in [5.74, 6) is -2.05. The topological polar surface area (TPSA) is 122 Å². The molecular formula is C23H36O9. The second-order valence-corrected chi connectivity index (χ2v) is 6.24. The maximum atomic E-state index is 10.8. The van der Waals surface area contributed by atoms with Crippen LogP contribution in [0.4, 0.5) is 0 Å². The third-order valence-corrected chi connectivity index (χ3v) is 2.85. The molecule has 0 heterocycles. The number of rotatable bonds is 12. The van der Waals surface area contributed by atoms with E-state index in [0.717, 1.165) is 12.8 Å². The van der Waals surface area contributed by atoms with Crippen LogP contribution in [0.1, 0.15) is 53.9 Å². The Balaban J connectivity index is -0.000000424. The number of carbonyl (C=O) groups is 5. The summed E-state index contributed by atoms with van der Waals surface area (Å²) in [5.41, 5.74) is 0.733. The molecule has 0 aliphatic rings. The highest BCUT2D eigenvalue weighted by Crippen LogP contribution is 1.93. The van der Waals surface area contributed by atoms with Gasteiger partial charge in [0, 0.05) is 17.2 Å². The second-order valence-electron chi connectivity index (χ2n) is 6.24. The van der Waals surface area contributed by atoms with Crippen molar-refractivity contribution in [2.75, 3.05) is 26.4 Å². The van der Waals surface area contributed by atoms with Crippen LogP contribution >= 0.6 is 0 Å². The van der Waals surface area contributed by atoms with Crippen LogP contribution in [0.15, 0.2) is 37.0 Å². The van der Waals surface area contributed by atoms with E-state index in [1.165, 1.54) is 19.9 Å². The Morgan fingerprint density at radius 3 is 1.62 bits per heavy atom. The Morgan fingerprint density at radius 2 is 1.25 bits per heavy atom. The van der Waals surface area contributed by atoms with Crippen molar-refractivity contribution < 1.29 is 42.9 Å². The van der Waals surface area contributed by atoms with Crippen molar-refractivity contribution in [2.45, 2.75) is 53.9 Å². The fourth-order valence-corrected chi connectivity index (χ4v) is 1.30. The van der Waals surface area contributed by atoms with Crippen LogP contribution in [0.2, 0.25) is 0 Å². The van der Waals surface area contributed by atoms with Gasteiger partial charge in [-0.2, -0.15) is 0 Å². The highest BCUT2D eigenvalue weighted by molar-refractivity contribution is 5.94. The smallest absolute Gasteiger partial charge is 0.333 e. The lowest BCUT2D eigenvalue weighted by Crippen LogP contribution is -2.15. The van der Waals surface area contributed by atoms with Gasteiger partial charge in [0.1, 0.15) is 25.4 Å². The SMILES string of the molecule is C=C(C)C(=O)OCC.C=C(C)C(=O)OCCOC(=O)CC(C)=O.C=CC(=O)OCCCC. The molecule has 0 radical (unpaired) electrons. The Bertz CT molecular complexity index is 648. The molecule has 0 N–H and O–H groups in total. The third kappa shape index (κ3) is 26.8. The van der Waals surface area contributed by atoms with E-state index >= 15 is 0 Å². The minimum Gasteiger partial charge on any atom is -0.463 e. The van der Waals surface area contributed by atoms with E-state index in [9.17, 15) is 24.0 Å². The normalized spacial score (nSPS) is 8.78. The second kappa shape index (κ2) is 22.5. The van der Waals surface area contributed by atoms with Crippen LogP contribution in [0.25, 0.3) is 0 Å². The summed E-state index contributed by atoms with van der Waals surface area (Å²) in [6, 6.07) is 0. The molecule has 0 aliphatic carbocycles. The summed E-state index contributed by atoms with van der Waals surface area (Å²) in [4.78, 5) is 52.9. The highest BCUT2D eigenvalue weighted by atomic mass is 16.6. The average molecular weight is 457 g/mol. The molecule has 0 aromatic rings. The number of esters is 4. The minimum absolute atomic E-state index is 0.0324. The molecule has 0 saturated heterocycles. The summed E-state index contributed by atoms with van der Waals surface area (Å²) in [7, 11) is 0. The van der Waals surface area contributed by atoms with Crippen molar-refractivity contribution in [1.82, 2.24) is 0 Å². The molecule has 0 unspecified atom stereocenters. The van der Waals surface area contributed by atoms with Gasteiger partial charge in [0.25, 0.3) is 0 Å². The first kappa shape index (κ1) is 33.4. The number of carbonyl (C=O) groups excluding carboxylic acids is 5. The Labute approximate surface area is 190 Å². The van der Waals surface area contributed by atoms with Crippen molar-refractivity contribution >= 4 is 29.7 Å². The standard InChI is InChI=1S/C10H14O5.C7H12O2.C6H10O2/c1-7(2)10(13)15-5-4-14-9(12)6-8(3)11;1-3-5-6-9-7(8)4-2;1-4-8-6(7)5(2)3/h1,4-6H2,2-3H3;4H,2-3,5-6H2,1H3;2,4H2,1,3H3. The Kier molecular flexibility index (Phi) is 23.4. The zero-order chi connectivity index (χ0) is 25.5. The molecule has 0 saturated carbocycles. The molecule has 0 bridgehead atoms. The highest BCUT2D eigenvalue weighted by Gasteiger charge is 2.07. The van der Waals surface area contributed by atoms with Crippen LogP contribution in [-0.4, -0.2) is 56.1 Å². The summed E-state index contributed by atoms with van der Waals surface area (Å²) in [6.45, 7) is 19.1. The fourth-order valence-electron chi connectivity index (χ4n) is 1.30. The van der Waals surface area contributed by atoms with Gasteiger partial charge in [0.15, 0.2) is 0 Å². The molecule has 9 nitrogen and oxygen atoms in total. The summed E-state index contributed by atoms with van der Waals surface area (Å²) < 4.78 is 18.5. The molecule has 9 heteroatoms. The first-order chi connectivity index (χ1) is 14.9. The number of hydrogen-bond acceptors (Lipinski definition) is 9. The summed E-state index contributed by atoms with van der Waals surface area (Å²) in [5, 5.41) is 0. The van der Waals surface area contributed by atoms with Gasteiger partial charge in [-0.1, -0.05) is 33.1 Å². The molecule has 0 spiro atoms. The number of ether oxygens (including phenoxy) is 4. The van der Waals surface area contributed by atoms with Crippen LogP contribution in [0.3, 0.4) is 0 Å². The first-order valence-electron chi connectivity index (χ1n) is 10.0. The van der Waals surface area contributed by atoms with Crippen LogP contribution in [-0.2, 0) is 42.9 Å². The lowest BCUT2D eigenvalue weighted by atomic mass is 10.3. The zero-order valence-electron chi connectivity index (χ0n) is 19.8. The largest absolute Gasteiger partial charge is 0.463 e. The van der Waals surface area contributed by atoms with Crippen molar-refractivity contribution in [3.63, 3.8) is 0 Å². The molecule has 0 aromatic carbocycles. The van der Waals surface area contributed by atoms with Gasteiger partial charge >= 0.3 is 23.9 Å². The minimum atomic E-state index is -0.617. The van der Waals surface area contributed by atoms with Gasteiger partial charge in [0.2, 0.25) is 0 Å². The fraction of sp³-hybridized carbons (Fsp3) is 0.522. The maximum absolute atomic E-state index is 10.8. The molecule has 0 fully saturated rings. The maximum Gasteiger partial charge on any atom is 0.333 e. The molecular weight excluding hydrogens is 420 g/mol. The van der Waals surface area contributed by atoms with E-state index < -0.39 is 11.9 Å². The molecule has 0 rings (SSSR count). The monoisotopic (exact) mass is 456 g/mol. The lowest BCUT2D eigenvalue weighted by Gasteiger charge is -2.05. The van der Waals surface area contributed by atoms with Gasteiger partial charge in [0.05, 0.1) is 13.2 Å². The first-order valence-corrected chi connectivity index (χ1v) is 10.0. The van der Waals surface area contributed by atoms with E-state index in [4.69, 9.17) is 0 Å². The van der Waals surface area contributed by atoms with Crippen LogP contribution < -0.4 is 0 Å². The third-order valence-electron chi connectivity index (χ3n) is 2.85. The van der Waals surface area contributed by atoms with Crippen LogP contribution in [0.5, 0.6) is 0 Å². The zero-order valence-corrected chi connectivity index (χ0v) is 19.8. The van der Waals surface area contributed by atoms with E-state index in [1.54, 1.807) is 13.8 Å².